The van der Waals surface area contributed by atoms with Gasteiger partial charge in [-0.05, 0) is 93.5 Å². The third-order valence-corrected chi connectivity index (χ3v) is 9.24. The second-order valence-corrected chi connectivity index (χ2v) is 15.4. The third kappa shape index (κ3) is 9.79. The summed E-state index contributed by atoms with van der Waals surface area (Å²) in [5.41, 5.74) is 1.37. The molecule has 44 heavy (non-hydrogen) atoms. The van der Waals surface area contributed by atoms with Gasteiger partial charge >= 0.3 is 6.09 Å². The number of alkyl carbamates (subject to hydrolysis) is 1. The molecule has 0 saturated heterocycles. The van der Waals surface area contributed by atoms with Crippen LogP contribution < -0.4 is 20.7 Å². The summed E-state index contributed by atoms with van der Waals surface area (Å²) in [6.45, 7) is 13.9. The summed E-state index contributed by atoms with van der Waals surface area (Å²) in [7, 11) is -3.54. The molecule has 11 heteroatoms. The number of hydrogen-bond acceptors (Lipinski definition) is 8. The van der Waals surface area contributed by atoms with Gasteiger partial charge in [0.15, 0.2) is 0 Å². The van der Waals surface area contributed by atoms with Crippen LogP contribution in [0.5, 0.6) is 0 Å². The monoisotopic (exact) mass is 624 g/mol. The van der Waals surface area contributed by atoms with E-state index < -0.39 is 21.7 Å². The number of carbonyl (C=O) groups is 1. The molecule has 3 aromatic rings. The fraction of sp³-hybridized carbons (Fsp3) is 0.545. The Hall–Kier alpha value is -3.44. The number of anilines is 2. The van der Waals surface area contributed by atoms with E-state index in [9.17, 15) is 13.2 Å². The summed E-state index contributed by atoms with van der Waals surface area (Å²) >= 11 is 0. The molecule has 2 aromatic carbocycles. The van der Waals surface area contributed by atoms with Gasteiger partial charge in [-0.1, -0.05) is 45.0 Å². The molecule has 240 valence electrons. The van der Waals surface area contributed by atoms with Crippen molar-refractivity contribution in [2.75, 3.05) is 36.8 Å². The van der Waals surface area contributed by atoms with E-state index in [2.05, 4.69) is 41.4 Å². The molecule has 1 fully saturated rings. The molecule has 0 spiro atoms. The van der Waals surface area contributed by atoms with Crippen LogP contribution in [-0.2, 0) is 20.2 Å². The van der Waals surface area contributed by atoms with Gasteiger partial charge in [0.1, 0.15) is 11.4 Å². The van der Waals surface area contributed by atoms with E-state index in [0.29, 0.717) is 48.1 Å². The number of amides is 1. The zero-order chi connectivity index (χ0) is 32.0. The smallest absolute Gasteiger partial charge is 0.407 e. The first-order valence-electron chi connectivity index (χ1n) is 15.5. The van der Waals surface area contributed by atoms with Crippen molar-refractivity contribution in [3.63, 3.8) is 0 Å². The number of hydrogen-bond donors (Lipinski definition) is 4. The summed E-state index contributed by atoms with van der Waals surface area (Å²) in [6.07, 6.45) is 3.50. The van der Waals surface area contributed by atoms with Gasteiger partial charge in [-0.15, -0.1) is 0 Å². The minimum absolute atomic E-state index is 0.0228. The predicted octanol–water partition coefficient (Wildman–Crippen LogP) is 6.06. The van der Waals surface area contributed by atoms with Crippen LogP contribution in [0.4, 0.5) is 16.6 Å². The number of carbonyl (C=O) groups excluding carboxylic acids is 1. The molecule has 0 radical (unpaired) electrons. The molecule has 4 N–H and O–H groups in total. The topological polar surface area (TPSA) is 134 Å². The van der Waals surface area contributed by atoms with Gasteiger partial charge in [0.25, 0.3) is 0 Å². The average molecular weight is 625 g/mol. The number of rotatable bonds is 11. The Morgan fingerprint density at radius 2 is 1.48 bits per heavy atom. The molecule has 0 bridgehead atoms. The van der Waals surface area contributed by atoms with Gasteiger partial charge in [-0.2, -0.15) is 4.98 Å². The highest BCUT2D eigenvalue weighted by molar-refractivity contribution is 7.89. The van der Waals surface area contributed by atoms with Gasteiger partial charge in [0.2, 0.25) is 16.0 Å². The Balaban J connectivity index is 1.25. The number of nitrogens with one attached hydrogen (secondary N) is 4. The van der Waals surface area contributed by atoms with Crippen LogP contribution in [0, 0.1) is 11.8 Å². The average Bonchev–Trinajstić information content (AvgIpc) is 2.96. The Kier molecular flexibility index (Phi) is 10.7. The van der Waals surface area contributed by atoms with Crippen molar-refractivity contribution in [3.05, 3.63) is 54.1 Å². The van der Waals surface area contributed by atoms with E-state index >= 15 is 0 Å². The lowest BCUT2D eigenvalue weighted by Crippen LogP contribution is -2.35. The molecule has 1 aliphatic carbocycles. The maximum Gasteiger partial charge on any atom is 0.407 e. The Morgan fingerprint density at radius 3 is 2.11 bits per heavy atom. The van der Waals surface area contributed by atoms with Crippen molar-refractivity contribution in [1.82, 2.24) is 20.0 Å². The highest BCUT2D eigenvalue weighted by Crippen LogP contribution is 2.30. The van der Waals surface area contributed by atoms with E-state index in [1.54, 1.807) is 12.1 Å². The Labute approximate surface area is 262 Å². The normalized spacial score (nSPS) is 17.7. The summed E-state index contributed by atoms with van der Waals surface area (Å²) in [6, 6.07) is 15.0. The number of nitrogens with zero attached hydrogens (tertiary/aromatic N) is 2. The summed E-state index contributed by atoms with van der Waals surface area (Å²) in [5, 5.41) is 10.4. The van der Waals surface area contributed by atoms with Crippen LogP contribution in [0.25, 0.3) is 10.9 Å². The van der Waals surface area contributed by atoms with E-state index in [1.807, 2.05) is 57.2 Å². The van der Waals surface area contributed by atoms with Crippen LogP contribution in [0.2, 0.25) is 0 Å². The van der Waals surface area contributed by atoms with Crippen LogP contribution in [0.15, 0.2) is 53.4 Å². The maximum atomic E-state index is 12.9. The lowest BCUT2D eigenvalue weighted by atomic mass is 9.82. The molecule has 0 atom stereocenters. The van der Waals surface area contributed by atoms with E-state index in [0.717, 1.165) is 48.7 Å². The summed E-state index contributed by atoms with van der Waals surface area (Å²) < 4.78 is 33.9. The van der Waals surface area contributed by atoms with Crippen molar-refractivity contribution < 1.29 is 17.9 Å². The zero-order valence-corrected chi connectivity index (χ0v) is 27.7. The fourth-order valence-electron chi connectivity index (χ4n) is 5.27. The molecule has 4 rings (SSSR count). The standard InChI is InChI=1S/C33H48N6O4S/c1-32(2,3)25-15-17-26(18-16-25)44(41,42)37-22-24-13-11-23(12-14-24)21-36-30-38-28-10-8-7-9-27(28)29(39-30)34-19-20-35-31(40)43-33(4,5)6/h7-10,15-18,23-24,37H,11-14,19-22H2,1-6H3,(H,35,40)(H2,34,36,38,39)/t23-,24-. The zero-order valence-electron chi connectivity index (χ0n) is 26.9. The number of aromatic nitrogens is 2. The maximum absolute atomic E-state index is 12.9. The molecule has 1 aromatic heterocycles. The highest BCUT2D eigenvalue weighted by Gasteiger charge is 2.24. The van der Waals surface area contributed by atoms with E-state index in [4.69, 9.17) is 14.7 Å². The first-order chi connectivity index (χ1) is 20.7. The Bertz CT molecular complexity index is 1510. The van der Waals surface area contributed by atoms with Gasteiger partial charge in [0.05, 0.1) is 10.4 Å². The first kappa shape index (κ1) is 33.5. The van der Waals surface area contributed by atoms with E-state index in [-0.39, 0.29) is 5.41 Å². The van der Waals surface area contributed by atoms with Gasteiger partial charge in [-0.25, -0.2) is 22.9 Å². The molecule has 1 aliphatic rings. The molecule has 0 aliphatic heterocycles. The van der Waals surface area contributed by atoms with Gasteiger partial charge in [0, 0.05) is 31.6 Å². The van der Waals surface area contributed by atoms with Crippen LogP contribution >= 0.6 is 0 Å². The van der Waals surface area contributed by atoms with Crippen molar-refractivity contribution in [1.29, 1.82) is 0 Å². The SMILES string of the molecule is CC(C)(C)OC(=O)NCCNc1nc(NC[C@H]2CC[C@H](CNS(=O)(=O)c3ccc(C(C)(C)C)cc3)CC2)nc2ccccc12. The molecular weight excluding hydrogens is 576 g/mol. The number of benzene rings is 2. The molecule has 1 heterocycles. The number of sulfonamides is 1. The highest BCUT2D eigenvalue weighted by atomic mass is 32.2. The van der Waals surface area contributed by atoms with Crippen molar-refractivity contribution >= 4 is 38.8 Å². The second-order valence-electron chi connectivity index (χ2n) is 13.7. The second kappa shape index (κ2) is 14.1. The van der Waals surface area contributed by atoms with Crippen molar-refractivity contribution in [2.24, 2.45) is 11.8 Å². The molecule has 10 nitrogen and oxygen atoms in total. The molecular formula is C33H48N6O4S. The predicted molar refractivity (Wildman–Crippen MR) is 177 cm³/mol. The lowest BCUT2D eigenvalue weighted by molar-refractivity contribution is 0.0530. The minimum atomic E-state index is -3.54. The van der Waals surface area contributed by atoms with Crippen molar-refractivity contribution in [3.8, 4) is 0 Å². The van der Waals surface area contributed by atoms with Crippen LogP contribution in [-0.4, -0.2) is 56.3 Å². The molecule has 1 amide bonds. The number of para-hydroxylation sites is 1. The quantitative estimate of drug-likeness (QED) is 0.189. The number of fused-ring (bicyclic) bond motifs is 1. The Morgan fingerprint density at radius 1 is 0.841 bits per heavy atom. The van der Waals surface area contributed by atoms with Crippen LogP contribution in [0.1, 0.15) is 72.8 Å². The fourth-order valence-corrected chi connectivity index (χ4v) is 6.39. The summed E-state index contributed by atoms with van der Waals surface area (Å²) in [5.74, 6) is 2.03. The van der Waals surface area contributed by atoms with Gasteiger partial charge in [-0.3, -0.25) is 0 Å². The lowest BCUT2D eigenvalue weighted by Gasteiger charge is -2.28. The van der Waals surface area contributed by atoms with Crippen LogP contribution in [0.3, 0.4) is 0 Å². The largest absolute Gasteiger partial charge is 0.444 e. The van der Waals surface area contributed by atoms with E-state index in [1.165, 1.54) is 0 Å². The van der Waals surface area contributed by atoms with Gasteiger partial charge < -0.3 is 20.7 Å². The van der Waals surface area contributed by atoms with Crippen molar-refractivity contribution in [2.45, 2.75) is 83.1 Å². The molecule has 0 unspecified atom stereocenters. The summed E-state index contributed by atoms with van der Waals surface area (Å²) in [4.78, 5) is 21.7. The number of ether oxygens (including phenoxy) is 1. The molecule has 1 saturated carbocycles. The third-order valence-electron chi connectivity index (χ3n) is 7.80. The minimum Gasteiger partial charge on any atom is -0.444 e. The first-order valence-corrected chi connectivity index (χ1v) is 17.0.